The first kappa shape index (κ1) is 10.1. The minimum absolute atomic E-state index is 0.258. The van der Waals surface area contributed by atoms with E-state index < -0.39 is 5.54 Å². The molecular formula is C12H12FNO. The zero-order valence-electron chi connectivity index (χ0n) is 8.37. The summed E-state index contributed by atoms with van der Waals surface area (Å²) in [6, 6.07) is 6.24. The van der Waals surface area contributed by atoms with Crippen LogP contribution in [0.15, 0.2) is 24.3 Å². The lowest BCUT2D eigenvalue weighted by Crippen LogP contribution is -2.30. The summed E-state index contributed by atoms with van der Waals surface area (Å²) in [5.41, 5.74) is 0.411. The van der Waals surface area contributed by atoms with Gasteiger partial charge in [-0.05, 0) is 24.3 Å². The summed E-state index contributed by atoms with van der Waals surface area (Å²) in [5.74, 6) is -0.258. The summed E-state index contributed by atoms with van der Waals surface area (Å²) in [6.45, 7) is 8.53. The van der Waals surface area contributed by atoms with Crippen LogP contribution in [0.3, 0.4) is 0 Å². The van der Waals surface area contributed by atoms with Gasteiger partial charge in [0.25, 0.3) is 5.54 Å². The number of hydrogen-bond donors (Lipinski definition) is 0. The molecule has 0 spiro atoms. The van der Waals surface area contributed by atoms with E-state index in [4.69, 9.17) is 11.3 Å². The molecule has 1 saturated heterocycles. The quantitative estimate of drug-likeness (QED) is 0.643. The zero-order valence-corrected chi connectivity index (χ0v) is 8.37. The van der Waals surface area contributed by atoms with Crippen LogP contribution in [0.4, 0.5) is 4.39 Å². The molecule has 1 fully saturated rings. The lowest BCUT2D eigenvalue weighted by molar-refractivity contribution is 0.0646. The minimum atomic E-state index is -0.494. The van der Waals surface area contributed by atoms with Gasteiger partial charge in [-0.3, -0.25) is 0 Å². The average Bonchev–Trinajstić information content (AvgIpc) is 2.31. The Morgan fingerprint density at radius 1 is 1.20 bits per heavy atom. The van der Waals surface area contributed by atoms with Crippen molar-refractivity contribution >= 4 is 0 Å². The first-order chi connectivity index (χ1) is 7.27. The fourth-order valence-electron chi connectivity index (χ4n) is 1.93. The van der Waals surface area contributed by atoms with Gasteiger partial charge in [0.05, 0.1) is 26.1 Å². The third-order valence-electron chi connectivity index (χ3n) is 2.92. The van der Waals surface area contributed by atoms with Crippen LogP contribution >= 0.6 is 0 Å². The highest BCUT2D eigenvalue weighted by atomic mass is 19.1. The van der Waals surface area contributed by atoms with Gasteiger partial charge in [0.2, 0.25) is 0 Å². The Kier molecular flexibility index (Phi) is 2.70. The lowest BCUT2D eigenvalue weighted by atomic mass is 9.83. The van der Waals surface area contributed by atoms with Gasteiger partial charge in [-0.15, -0.1) is 0 Å². The van der Waals surface area contributed by atoms with E-state index in [0.717, 1.165) is 5.56 Å². The summed E-state index contributed by atoms with van der Waals surface area (Å²) in [5, 5.41) is 0. The molecule has 1 aromatic rings. The molecule has 0 radical (unpaired) electrons. The number of benzene rings is 1. The van der Waals surface area contributed by atoms with E-state index in [1.165, 1.54) is 12.1 Å². The van der Waals surface area contributed by atoms with Crippen molar-refractivity contribution in [3.63, 3.8) is 0 Å². The molecule has 78 valence electrons. The lowest BCUT2D eigenvalue weighted by Gasteiger charge is -2.26. The van der Waals surface area contributed by atoms with Crippen LogP contribution in [0.5, 0.6) is 0 Å². The molecule has 1 aromatic carbocycles. The number of rotatable bonds is 1. The normalized spacial score (nSPS) is 19.5. The van der Waals surface area contributed by atoms with Crippen molar-refractivity contribution in [1.82, 2.24) is 0 Å². The van der Waals surface area contributed by atoms with E-state index in [0.29, 0.717) is 26.1 Å². The standard InChI is InChI=1S/C12H12FNO/c1-14-12(6-8-15-9-7-12)10-2-4-11(13)5-3-10/h2-5H,6-9H2. The summed E-state index contributed by atoms with van der Waals surface area (Å²) < 4.78 is 18.0. The van der Waals surface area contributed by atoms with E-state index in [-0.39, 0.29) is 5.82 Å². The fourth-order valence-corrected chi connectivity index (χ4v) is 1.93. The molecule has 1 heterocycles. The predicted molar refractivity (Wildman–Crippen MR) is 54.7 cm³/mol. The van der Waals surface area contributed by atoms with Crippen molar-refractivity contribution in [2.75, 3.05) is 13.2 Å². The van der Waals surface area contributed by atoms with Gasteiger partial charge in [-0.1, -0.05) is 0 Å². The van der Waals surface area contributed by atoms with Crippen LogP contribution in [-0.4, -0.2) is 13.2 Å². The number of nitrogens with zero attached hydrogens (tertiary/aromatic N) is 1. The zero-order chi connectivity index (χ0) is 10.7. The molecule has 0 unspecified atom stereocenters. The van der Waals surface area contributed by atoms with Crippen LogP contribution in [0.1, 0.15) is 18.4 Å². The largest absolute Gasteiger partial charge is 0.381 e. The van der Waals surface area contributed by atoms with Crippen LogP contribution in [0.2, 0.25) is 0 Å². The van der Waals surface area contributed by atoms with Gasteiger partial charge >= 0.3 is 0 Å². The van der Waals surface area contributed by atoms with E-state index in [2.05, 4.69) is 4.85 Å². The topological polar surface area (TPSA) is 13.6 Å². The number of hydrogen-bond acceptors (Lipinski definition) is 1. The molecule has 2 nitrogen and oxygen atoms in total. The van der Waals surface area contributed by atoms with Crippen LogP contribution in [0.25, 0.3) is 4.85 Å². The predicted octanol–water partition coefficient (Wildman–Crippen LogP) is 2.75. The molecule has 1 aliphatic rings. The molecular weight excluding hydrogens is 193 g/mol. The third kappa shape index (κ3) is 1.86. The monoisotopic (exact) mass is 205 g/mol. The van der Waals surface area contributed by atoms with Crippen LogP contribution in [-0.2, 0) is 10.3 Å². The van der Waals surface area contributed by atoms with Crippen LogP contribution in [0, 0.1) is 12.4 Å². The molecule has 1 aliphatic heterocycles. The molecule has 0 aromatic heterocycles. The SMILES string of the molecule is [C-]#[N+]C1(c2ccc(F)cc2)CCOCC1. The first-order valence-electron chi connectivity index (χ1n) is 4.99. The molecule has 15 heavy (non-hydrogen) atoms. The number of ether oxygens (including phenoxy) is 1. The van der Waals surface area contributed by atoms with E-state index in [1.807, 2.05) is 0 Å². The molecule has 0 N–H and O–H groups in total. The Hall–Kier alpha value is -1.40. The Morgan fingerprint density at radius 3 is 2.33 bits per heavy atom. The second kappa shape index (κ2) is 4.00. The third-order valence-corrected chi connectivity index (χ3v) is 2.92. The second-order valence-corrected chi connectivity index (χ2v) is 3.76. The maximum absolute atomic E-state index is 12.8. The van der Waals surface area contributed by atoms with Crippen LogP contribution < -0.4 is 0 Å². The van der Waals surface area contributed by atoms with E-state index >= 15 is 0 Å². The van der Waals surface area contributed by atoms with Crippen molar-refractivity contribution in [2.24, 2.45) is 0 Å². The summed E-state index contributed by atoms with van der Waals surface area (Å²) in [4.78, 5) is 3.73. The molecule has 0 bridgehead atoms. The average molecular weight is 205 g/mol. The Labute approximate surface area is 88.5 Å². The Morgan fingerprint density at radius 2 is 1.80 bits per heavy atom. The van der Waals surface area contributed by atoms with Gasteiger partial charge in [-0.25, -0.2) is 11.0 Å². The maximum Gasteiger partial charge on any atom is 0.261 e. The van der Waals surface area contributed by atoms with Gasteiger partial charge in [0.15, 0.2) is 0 Å². The molecule has 3 heteroatoms. The van der Waals surface area contributed by atoms with Crippen molar-refractivity contribution in [3.05, 3.63) is 47.1 Å². The highest BCUT2D eigenvalue weighted by molar-refractivity contribution is 5.29. The molecule has 0 amide bonds. The fraction of sp³-hybridized carbons (Fsp3) is 0.417. The molecule has 0 saturated carbocycles. The van der Waals surface area contributed by atoms with E-state index in [9.17, 15) is 4.39 Å². The first-order valence-corrected chi connectivity index (χ1v) is 4.99. The smallest absolute Gasteiger partial charge is 0.261 e. The van der Waals surface area contributed by atoms with Gasteiger partial charge in [0, 0.05) is 5.56 Å². The van der Waals surface area contributed by atoms with Gasteiger partial charge < -0.3 is 9.58 Å². The molecule has 0 atom stereocenters. The van der Waals surface area contributed by atoms with Crippen molar-refractivity contribution in [1.29, 1.82) is 0 Å². The Bertz CT molecular complexity index is 374. The maximum atomic E-state index is 12.8. The van der Waals surface area contributed by atoms with Crippen molar-refractivity contribution < 1.29 is 9.13 Å². The van der Waals surface area contributed by atoms with Gasteiger partial charge in [0.1, 0.15) is 5.82 Å². The second-order valence-electron chi connectivity index (χ2n) is 3.76. The highest BCUT2D eigenvalue weighted by Gasteiger charge is 2.40. The summed E-state index contributed by atoms with van der Waals surface area (Å²) in [6.07, 6.45) is 1.39. The summed E-state index contributed by atoms with van der Waals surface area (Å²) in [7, 11) is 0. The van der Waals surface area contributed by atoms with Gasteiger partial charge in [-0.2, -0.15) is 0 Å². The van der Waals surface area contributed by atoms with Crippen molar-refractivity contribution in [2.45, 2.75) is 18.4 Å². The van der Waals surface area contributed by atoms with Crippen molar-refractivity contribution in [3.8, 4) is 0 Å². The minimum Gasteiger partial charge on any atom is -0.381 e. The van der Waals surface area contributed by atoms with E-state index in [1.54, 1.807) is 12.1 Å². The summed E-state index contributed by atoms with van der Waals surface area (Å²) >= 11 is 0. The highest BCUT2D eigenvalue weighted by Crippen LogP contribution is 2.36. The molecule has 2 rings (SSSR count). The number of halogens is 1. The molecule has 0 aliphatic carbocycles. The Balaban J connectivity index is 2.33.